The van der Waals surface area contributed by atoms with E-state index >= 15 is 0 Å². The van der Waals surface area contributed by atoms with Crippen LogP contribution in [-0.4, -0.2) is 28.8 Å². The zero-order valence-corrected chi connectivity index (χ0v) is 15.0. The fraction of sp³-hybridized carbons (Fsp3) is 0.450. The summed E-state index contributed by atoms with van der Waals surface area (Å²) in [6.45, 7) is 1.54. The number of benzene rings is 1. The Balaban J connectivity index is 1.35. The molecule has 0 spiro atoms. The van der Waals surface area contributed by atoms with E-state index < -0.39 is 0 Å². The van der Waals surface area contributed by atoms with Gasteiger partial charge in [-0.2, -0.15) is 5.10 Å². The highest BCUT2D eigenvalue weighted by atomic mass is 16.2. The van der Waals surface area contributed by atoms with Gasteiger partial charge in [-0.25, -0.2) is 4.68 Å². The molecular weight excluding hydrogens is 328 g/mol. The minimum atomic E-state index is -0.109. The maximum Gasteiger partial charge on any atom is 0.268 e. The van der Waals surface area contributed by atoms with Gasteiger partial charge in [-0.05, 0) is 36.8 Å². The second kappa shape index (κ2) is 6.94. The first kappa shape index (κ1) is 16.8. The van der Waals surface area contributed by atoms with Crippen LogP contribution >= 0.6 is 0 Å². The Labute approximate surface area is 152 Å². The first-order valence-electron chi connectivity index (χ1n) is 9.28. The fourth-order valence-corrected chi connectivity index (χ4v) is 4.03. The number of nitrogens with one attached hydrogen (secondary N) is 1. The number of aryl methyl sites for hydroxylation is 2. The van der Waals surface area contributed by atoms with Crippen LogP contribution in [0.3, 0.4) is 0 Å². The maximum atomic E-state index is 12.7. The van der Waals surface area contributed by atoms with Crippen LogP contribution in [-0.2, 0) is 18.3 Å². The second-order valence-electron chi connectivity index (χ2n) is 7.24. The van der Waals surface area contributed by atoms with Gasteiger partial charge in [0.25, 0.3) is 5.56 Å². The largest absolute Gasteiger partial charge is 0.370 e. The molecule has 0 bridgehead atoms. The summed E-state index contributed by atoms with van der Waals surface area (Å²) in [6.07, 6.45) is 5.35. The molecule has 2 heterocycles. The molecule has 1 aliphatic heterocycles. The van der Waals surface area contributed by atoms with Crippen LogP contribution in [0.15, 0.2) is 41.3 Å². The van der Waals surface area contributed by atoms with Crippen LogP contribution in [0.25, 0.3) is 0 Å². The van der Waals surface area contributed by atoms with Crippen molar-refractivity contribution in [3.63, 3.8) is 0 Å². The maximum absolute atomic E-state index is 12.7. The van der Waals surface area contributed by atoms with Crippen LogP contribution in [0, 0.1) is 5.92 Å². The van der Waals surface area contributed by atoms with Crippen LogP contribution < -0.4 is 15.8 Å². The summed E-state index contributed by atoms with van der Waals surface area (Å²) >= 11 is 0. The molecule has 4 rings (SSSR count). The smallest absolute Gasteiger partial charge is 0.268 e. The molecule has 0 radical (unpaired) electrons. The van der Waals surface area contributed by atoms with Gasteiger partial charge >= 0.3 is 0 Å². The second-order valence-corrected chi connectivity index (χ2v) is 7.24. The molecule has 1 amide bonds. The average molecular weight is 352 g/mol. The van der Waals surface area contributed by atoms with Crippen LogP contribution in [0.1, 0.15) is 36.4 Å². The van der Waals surface area contributed by atoms with E-state index in [9.17, 15) is 9.59 Å². The SMILES string of the molecule is Cn1ncc(N2CCC(C(=O)N[C@@H]3CCc4ccccc43)CC2)cc1=O. The Kier molecular flexibility index (Phi) is 4.49. The van der Waals surface area contributed by atoms with Crippen LogP contribution in [0.4, 0.5) is 5.69 Å². The Morgan fingerprint density at radius 2 is 1.96 bits per heavy atom. The van der Waals surface area contributed by atoms with Crippen molar-refractivity contribution >= 4 is 11.6 Å². The number of fused-ring (bicyclic) bond motifs is 1. The van der Waals surface area contributed by atoms with E-state index in [0.717, 1.165) is 44.5 Å². The van der Waals surface area contributed by atoms with E-state index in [1.165, 1.54) is 15.8 Å². The molecule has 1 fully saturated rings. The fourth-order valence-electron chi connectivity index (χ4n) is 4.03. The number of piperidine rings is 1. The van der Waals surface area contributed by atoms with Gasteiger partial charge in [-0.1, -0.05) is 24.3 Å². The number of nitrogens with zero attached hydrogens (tertiary/aromatic N) is 3. The van der Waals surface area contributed by atoms with Gasteiger partial charge in [0.05, 0.1) is 17.9 Å². The average Bonchev–Trinajstić information content (AvgIpc) is 3.07. The molecule has 6 heteroatoms. The number of amides is 1. The Morgan fingerprint density at radius 1 is 1.19 bits per heavy atom. The third kappa shape index (κ3) is 3.23. The van der Waals surface area contributed by atoms with E-state index in [4.69, 9.17) is 0 Å². The number of hydrogen-bond acceptors (Lipinski definition) is 4. The molecule has 0 unspecified atom stereocenters. The van der Waals surface area contributed by atoms with Crippen LogP contribution in [0.2, 0.25) is 0 Å². The minimum Gasteiger partial charge on any atom is -0.370 e. The Bertz CT molecular complexity index is 868. The molecular formula is C20H24N4O2. The van der Waals surface area contributed by atoms with E-state index in [2.05, 4.69) is 33.5 Å². The molecule has 1 aromatic heterocycles. The Hall–Kier alpha value is -2.63. The third-order valence-corrected chi connectivity index (χ3v) is 5.63. The van der Waals surface area contributed by atoms with Gasteiger partial charge in [0.15, 0.2) is 0 Å². The molecule has 26 heavy (non-hydrogen) atoms. The zero-order chi connectivity index (χ0) is 18.1. The molecule has 1 atom stereocenters. The number of carbonyl (C=O) groups excluding carboxylic acids is 1. The van der Waals surface area contributed by atoms with Gasteiger partial charge in [-0.15, -0.1) is 0 Å². The van der Waals surface area contributed by atoms with Crippen molar-refractivity contribution in [1.29, 1.82) is 0 Å². The van der Waals surface area contributed by atoms with Gasteiger partial charge in [-0.3, -0.25) is 9.59 Å². The van der Waals surface area contributed by atoms with Crippen LogP contribution in [0.5, 0.6) is 0 Å². The van der Waals surface area contributed by atoms with Crippen molar-refractivity contribution in [2.24, 2.45) is 13.0 Å². The van der Waals surface area contributed by atoms with Crippen molar-refractivity contribution in [2.45, 2.75) is 31.7 Å². The lowest BCUT2D eigenvalue weighted by atomic mass is 9.95. The van der Waals surface area contributed by atoms with E-state index in [-0.39, 0.29) is 23.4 Å². The summed E-state index contributed by atoms with van der Waals surface area (Å²) in [6, 6.07) is 10.1. The predicted molar refractivity (Wildman–Crippen MR) is 100 cm³/mol. The zero-order valence-electron chi connectivity index (χ0n) is 15.0. The number of aromatic nitrogens is 2. The highest BCUT2D eigenvalue weighted by Crippen LogP contribution is 2.31. The summed E-state index contributed by atoms with van der Waals surface area (Å²) in [5.74, 6) is 0.201. The number of hydrogen-bond donors (Lipinski definition) is 1. The summed E-state index contributed by atoms with van der Waals surface area (Å²) in [4.78, 5) is 26.6. The van der Waals surface area contributed by atoms with Crippen molar-refractivity contribution < 1.29 is 4.79 Å². The lowest BCUT2D eigenvalue weighted by Crippen LogP contribution is -2.41. The minimum absolute atomic E-state index is 0.0403. The van der Waals surface area contributed by atoms with Gasteiger partial charge in [0.1, 0.15) is 0 Å². The van der Waals surface area contributed by atoms with Crippen molar-refractivity contribution in [2.75, 3.05) is 18.0 Å². The predicted octanol–water partition coefficient (Wildman–Crippen LogP) is 1.80. The first-order chi connectivity index (χ1) is 12.6. The molecule has 1 aliphatic carbocycles. The molecule has 1 N–H and O–H groups in total. The summed E-state index contributed by atoms with van der Waals surface area (Å²) < 4.78 is 1.32. The number of carbonyl (C=O) groups is 1. The van der Waals surface area contributed by atoms with Crippen molar-refractivity contribution in [3.8, 4) is 0 Å². The molecule has 0 saturated carbocycles. The van der Waals surface area contributed by atoms with Crippen molar-refractivity contribution in [1.82, 2.24) is 15.1 Å². The highest BCUT2D eigenvalue weighted by molar-refractivity contribution is 5.79. The lowest BCUT2D eigenvalue weighted by molar-refractivity contribution is -0.126. The molecule has 2 aliphatic rings. The quantitative estimate of drug-likeness (QED) is 0.915. The van der Waals surface area contributed by atoms with Crippen molar-refractivity contribution in [3.05, 3.63) is 58.0 Å². The lowest BCUT2D eigenvalue weighted by Gasteiger charge is -2.33. The monoisotopic (exact) mass is 352 g/mol. The first-order valence-corrected chi connectivity index (χ1v) is 9.28. The number of rotatable bonds is 3. The normalized spacial score (nSPS) is 20.0. The highest BCUT2D eigenvalue weighted by Gasteiger charge is 2.29. The Morgan fingerprint density at radius 3 is 2.73 bits per heavy atom. The van der Waals surface area contributed by atoms with E-state index in [0.29, 0.717) is 0 Å². The molecule has 1 saturated heterocycles. The van der Waals surface area contributed by atoms with E-state index in [1.807, 2.05) is 6.07 Å². The van der Waals surface area contributed by atoms with Gasteiger partial charge in [0.2, 0.25) is 5.91 Å². The van der Waals surface area contributed by atoms with Gasteiger partial charge < -0.3 is 10.2 Å². The molecule has 2 aromatic rings. The summed E-state index contributed by atoms with van der Waals surface area (Å²) in [5, 5.41) is 7.33. The standard InChI is InChI=1S/C20H24N4O2/c1-23-19(25)12-16(13-21-23)24-10-8-15(9-11-24)20(26)22-18-7-6-14-4-2-3-5-17(14)18/h2-5,12-13,15,18H,6-11H2,1H3,(H,22,26)/t18-/m1/s1. The summed E-state index contributed by atoms with van der Waals surface area (Å²) in [5.41, 5.74) is 3.36. The molecule has 6 nitrogen and oxygen atoms in total. The van der Waals surface area contributed by atoms with E-state index in [1.54, 1.807) is 19.3 Å². The molecule has 1 aromatic carbocycles. The van der Waals surface area contributed by atoms with Gasteiger partial charge in [0, 0.05) is 32.1 Å². The summed E-state index contributed by atoms with van der Waals surface area (Å²) in [7, 11) is 1.64. The topological polar surface area (TPSA) is 67.2 Å². The molecule has 136 valence electrons. The number of anilines is 1. The third-order valence-electron chi connectivity index (χ3n) is 5.63.